The first-order valence-electron chi connectivity index (χ1n) is 8.21. The third kappa shape index (κ3) is 2.39. The highest BCUT2D eigenvalue weighted by Crippen LogP contribution is 2.44. The molecule has 3 aliphatic rings. The molecule has 3 rings (SSSR count). The van der Waals surface area contributed by atoms with E-state index in [2.05, 4.69) is 19.2 Å². The molecule has 112 valence electrons. The maximum Gasteiger partial charge on any atom is 0.233 e. The third-order valence-electron chi connectivity index (χ3n) is 5.52. The van der Waals surface area contributed by atoms with E-state index in [0.717, 1.165) is 25.7 Å². The summed E-state index contributed by atoms with van der Waals surface area (Å²) in [5, 5.41) is 3.52. The van der Waals surface area contributed by atoms with Gasteiger partial charge in [0.25, 0.3) is 0 Å². The maximum absolute atomic E-state index is 12.5. The Bertz CT molecular complexity index is 385. The smallest absolute Gasteiger partial charge is 0.233 e. The van der Waals surface area contributed by atoms with Gasteiger partial charge in [0, 0.05) is 18.6 Å². The van der Waals surface area contributed by atoms with Crippen molar-refractivity contribution >= 4 is 11.8 Å². The fraction of sp³-hybridized carbons (Fsp3) is 0.875. The minimum atomic E-state index is -0.00605. The van der Waals surface area contributed by atoms with Gasteiger partial charge >= 0.3 is 0 Å². The predicted molar refractivity (Wildman–Crippen MR) is 77.0 cm³/mol. The fourth-order valence-corrected chi connectivity index (χ4v) is 4.31. The molecule has 4 unspecified atom stereocenters. The van der Waals surface area contributed by atoms with Gasteiger partial charge in [0.2, 0.25) is 11.8 Å². The molecule has 4 heteroatoms. The van der Waals surface area contributed by atoms with Gasteiger partial charge in [0.15, 0.2) is 0 Å². The molecule has 1 N–H and O–H groups in total. The zero-order valence-corrected chi connectivity index (χ0v) is 12.6. The number of carbonyl (C=O) groups is 2. The molecule has 0 aromatic rings. The van der Waals surface area contributed by atoms with Crippen molar-refractivity contribution in [3.8, 4) is 0 Å². The highest BCUT2D eigenvalue weighted by atomic mass is 16.2. The van der Waals surface area contributed by atoms with E-state index in [-0.39, 0.29) is 23.7 Å². The van der Waals surface area contributed by atoms with Gasteiger partial charge < -0.3 is 5.32 Å². The molecule has 2 amide bonds. The Hall–Kier alpha value is -0.900. The minimum Gasteiger partial charge on any atom is -0.310 e. The molecule has 1 saturated carbocycles. The molecule has 2 saturated heterocycles. The normalized spacial score (nSPS) is 41.3. The summed E-state index contributed by atoms with van der Waals surface area (Å²) in [6, 6.07) is 0.804. The second-order valence-corrected chi connectivity index (χ2v) is 6.94. The van der Waals surface area contributed by atoms with E-state index in [9.17, 15) is 9.59 Å². The van der Waals surface area contributed by atoms with Crippen LogP contribution in [0.3, 0.4) is 0 Å². The Labute approximate surface area is 121 Å². The Morgan fingerprint density at radius 2 is 1.80 bits per heavy atom. The van der Waals surface area contributed by atoms with Gasteiger partial charge in [-0.3, -0.25) is 14.5 Å². The lowest BCUT2D eigenvalue weighted by atomic mass is 9.99. The number of carbonyl (C=O) groups excluding carboxylic acids is 2. The summed E-state index contributed by atoms with van der Waals surface area (Å²) in [6.07, 6.45) is 6.42. The number of hydrogen-bond donors (Lipinski definition) is 1. The zero-order chi connectivity index (χ0) is 14.3. The number of rotatable bonds is 3. The Kier molecular flexibility index (Phi) is 3.85. The van der Waals surface area contributed by atoms with Crippen LogP contribution in [-0.2, 0) is 9.59 Å². The highest BCUT2D eigenvalue weighted by Gasteiger charge is 2.52. The maximum atomic E-state index is 12.5. The molecule has 0 bridgehead atoms. The number of hydrogen-bond acceptors (Lipinski definition) is 3. The molecular weight excluding hydrogens is 252 g/mol. The number of imide groups is 1. The Morgan fingerprint density at radius 1 is 1.15 bits per heavy atom. The lowest BCUT2D eigenvalue weighted by Crippen LogP contribution is -2.49. The summed E-state index contributed by atoms with van der Waals surface area (Å²) in [5.41, 5.74) is 0. The number of fused-ring (bicyclic) bond motifs is 1. The van der Waals surface area contributed by atoms with E-state index in [1.165, 1.54) is 12.8 Å². The number of likely N-dealkylation sites (tertiary alicyclic amines) is 1. The molecule has 1 aliphatic carbocycles. The van der Waals surface area contributed by atoms with Gasteiger partial charge in [-0.1, -0.05) is 19.8 Å². The average Bonchev–Trinajstić information content (AvgIpc) is 2.95. The highest BCUT2D eigenvalue weighted by molar-refractivity contribution is 6.05. The summed E-state index contributed by atoms with van der Waals surface area (Å²) in [5.74, 6) is 0.779. The van der Waals surface area contributed by atoms with Gasteiger partial charge in [0.05, 0.1) is 11.8 Å². The minimum absolute atomic E-state index is 0.00605. The topological polar surface area (TPSA) is 49.4 Å². The number of piperidine rings is 1. The van der Waals surface area contributed by atoms with Crippen molar-refractivity contribution in [3.05, 3.63) is 0 Å². The van der Waals surface area contributed by atoms with Gasteiger partial charge in [0.1, 0.15) is 0 Å². The van der Waals surface area contributed by atoms with Gasteiger partial charge in [-0.25, -0.2) is 0 Å². The summed E-state index contributed by atoms with van der Waals surface area (Å²) in [7, 11) is 0. The first-order chi connectivity index (χ1) is 9.60. The first-order valence-corrected chi connectivity index (χ1v) is 8.21. The number of nitrogens with zero attached hydrogens (tertiary/aromatic N) is 1. The van der Waals surface area contributed by atoms with E-state index >= 15 is 0 Å². The molecule has 0 aromatic carbocycles. The van der Waals surface area contributed by atoms with Crippen molar-refractivity contribution in [1.82, 2.24) is 10.2 Å². The van der Waals surface area contributed by atoms with E-state index in [4.69, 9.17) is 0 Å². The summed E-state index contributed by atoms with van der Waals surface area (Å²) < 4.78 is 0. The molecule has 0 radical (unpaired) electrons. The van der Waals surface area contributed by atoms with Crippen LogP contribution in [0.1, 0.15) is 52.4 Å². The molecule has 20 heavy (non-hydrogen) atoms. The van der Waals surface area contributed by atoms with Gasteiger partial charge in [-0.15, -0.1) is 0 Å². The van der Waals surface area contributed by atoms with Crippen molar-refractivity contribution in [2.24, 2.45) is 17.8 Å². The predicted octanol–water partition coefficient (Wildman–Crippen LogP) is 1.94. The molecule has 0 aromatic heterocycles. The van der Waals surface area contributed by atoms with E-state index in [0.29, 0.717) is 24.5 Å². The monoisotopic (exact) mass is 278 g/mol. The molecule has 4 nitrogen and oxygen atoms in total. The summed E-state index contributed by atoms with van der Waals surface area (Å²) in [6.45, 7) is 4.93. The lowest BCUT2D eigenvalue weighted by Gasteiger charge is -2.31. The van der Waals surface area contributed by atoms with Crippen LogP contribution in [0.4, 0.5) is 0 Å². The Balaban J connectivity index is 1.64. The average molecular weight is 278 g/mol. The number of amides is 2. The second kappa shape index (κ2) is 5.47. The van der Waals surface area contributed by atoms with E-state index in [1.807, 2.05) is 0 Å². The quantitative estimate of drug-likeness (QED) is 0.803. The van der Waals surface area contributed by atoms with Crippen LogP contribution in [-0.4, -0.2) is 35.3 Å². The first kappa shape index (κ1) is 14.1. The van der Waals surface area contributed by atoms with Crippen LogP contribution >= 0.6 is 0 Å². The molecular formula is C16H26N2O2. The van der Waals surface area contributed by atoms with Gasteiger partial charge in [-0.2, -0.15) is 0 Å². The van der Waals surface area contributed by atoms with Crippen LogP contribution < -0.4 is 5.32 Å². The van der Waals surface area contributed by atoms with Crippen LogP contribution in [0.2, 0.25) is 0 Å². The van der Waals surface area contributed by atoms with E-state index < -0.39 is 0 Å². The SMILES string of the molecule is CCC1CC2C(=O)N(CC3CCCC(C)N3)C(=O)C2C1. The standard InChI is InChI=1S/C16H26N2O2/c1-3-11-7-13-14(8-11)16(20)18(15(13)19)9-12-6-4-5-10(2)17-12/h10-14,17H,3-9H2,1-2H3. The van der Waals surface area contributed by atoms with Crippen molar-refractivity contribution in [1.29, 1.82) is 0 Å². The molecule has 2 heterocycles. The fourth-order valence-electron chi connectivity index (χ4n) is 4.31. The largest absolute Gasteiger partial charge is 0.310 e. The summed E-state index contributed by atoms with van der Waals surface area (Å²) >= 11 is 0. The molecule has 3 fully saturated rings. The van der Waals surface area contributed by atoms with Crippen molar-refractivity contribution in [2.75, 3.05) is 6.54 Å². The van der Waals surface area contributed by atoms with Crippen molar-refractivity contribution in [2.45, 2.75) is 64.5 Å². The molecule has 2 aliphatic heterocycles. The second-order valence-electron chi connectivity index (χ2n) is 6.94. The number of nitrogens with one attached hydrogen (secondary N) is 1. The lowest BCUT2D eigenvalue weighted by molar-refractivity contribution is -0.141. The van der Waals surface area contributed by atoms with E-state index in [1.54, 1.807) is 4.90 Å². The summed E-state index contributed by atoms with van der Waals surface area (Å²) in [4.78, 5) is 26.5. The van der Waals surface area contributed by atoms with Crippen LogP contribution in [0, 0.1) is 17.8 Å². The van der Waals surface area contributed by atoms with Crippen molar-refractivity contribution < 1.29 is 9.59 Å². The van der Waals surface area contributed by atoms with Crippen molar-refractivity contribution in [3.63, 3.8) is 0 Å². The Morgan fingerprint density at radius 3 is 2.35 bits per heavy atom. The molecule has 0 spiro atoms. The molecule has 4 atom stereocenters. The van der Waals surface area contributed by atoms with Crippen LogP contribution in [0.25, 0.3) is 0 Å². The third-order valence-corrected chi connectivity index (χ3v) is 5.52. The van der Waals surface area contributed by atoms with Gasteiger partial charge in [-0.05, 0) is 38.5 Å². The zero-order valence-electron chi connectivity index (χ0n) is 12.6. The van der Waals surface area contributed by atoms with Crippen LogP contribution in [0.5, 0.6) is 0 Å². The van der Waals surface area contributed by atoms with Crippen LogP contribution in [0.15, 0.2) is 0 Å².